The van der Waals surface area contributed by atoms with E-state index in [2.05, 4.69) is 15.2 Å². The van der Waals surface area contributed by atoms with Gasteiger partial charge in [-0.25, -0.2) is 9.18 Å². The number of carbonyl (C=O) groups is 1. The first-order chi connectivity index (χ1) is 11.4. The molecular formula is C18H27FN4O. The molecule has 1 aromatic carbocycles. The molecule has 2 N–H and O–H groups in total. The number of aromatic nitrogens is 1. The van der Waals surface area contributed by atoms with Gasteiger partial charge in [0.2, 0.25) is 0 Å². The maximum Gasteiger partial charge on any atom is 0.317 e. The van der Waals surface area contributed by atoms with E-state index in [1.54, 1.807) is 6.07 Å². The molecular weight excluding hydrogens is 307 g/mol. The Morgan fingerprint density at radius 2 is 2.12 bits per heavy atom. The van der Waals surface area contributed by atoms with Gasteiger partial charge in [0.25, 0.3) is 0 Å². The van der Waals surface area contributed by atoms with Crippen LogP contribution in [0.4, 0.5) is 9.18 Å². The van der Waals surface area contributed by atoms with Gasteiger partial charge in [-0.1, -0.05) is 0 Å². The van der Waals surface area contributed by atoms with Crippen LogP contribution in [0, 0.1) is 5.82 Å². The molecule has 0 saturated carbocycles. The smallest absolute Gasteiger partial charge is 0.317 e. The highest BCUT2D eigenvalue weighted by Crippen LogP contribution is 2.19. The van der Waals surface area contributed by atoms with E-state index in [0.29, 0.717) is 19.5 Å². The lowest BCUT2D eigenvalue weighted by Gasteiger charge is -2.30. The van der Waals surface area contributed by atoms with E-state index in [0.717, 1.165) is 23.0 Å². The van der Waals surface area contributed by atoms with Crippen molar-refractivity contribution in [3.05, 3.63) is 35.8 Å². The Morgan fingerprint density at radius 3 is 2.79 bits per heavy atom. The summed E-state index contributed by atoms with van der Waals surface area (Å²) in [5, 5.41) is 3.84. The SMILES string of the molecule is CCN(C(=O)NCCc1c[nH]c2ccc(F)cc12)[C@@H](C)CN(C)C. The van der Waals surface area contributed by atoms with E-state index < -0.39 is 0 Å². The molecule has 2 amide bonds. The van der Waals surface area contributed by atoms with E-state index in [1.165, 1.54) is 12.1 Å². The average molecular weight is 334 g/mol. The third kappa shape index (κ3) is 4.47. The third-order valence-electron chi connectivity index (χ3n) is 4.16. The molecule has 6 heteroatoms. The van der Waals surface area contributed by atoms with E-state index in [1.807, 2.05) is 39.0 Å². The van der Waals surface area contributed by atoms with Crippen LogP contribution in [0.1, 0.15) is 19.4 Å². The number of H-pyrrole nitrogens is 1. The quantitative estimate of drug-likeness (QED) is 0.818. The molecule has 0 bridgehead atoms. The molecule has 132 valence electrons. The van der Waals surface area contributed by atoms with Crippen molar-refractivity contribution in [1.82, 2.24) is 20.1 Å². The first kappa shape index (κ1) is 18.3. The number of urea groups is 1. The Bertz CT molecular complexity index is 683. The van der Waals surface area contributed by atoms with E-state index in [9.17, 15) is 9.18 Å². The van der Waals surface area contributed by atoms with E-state index in [-0.39, 0.29) is 17.9 Å². The Kier molecular flexibility index (Phi) is 6.20. The molecule has 24 heavy (non-hydrogen) atoms. The maximum atomic E-state index is 13.4. The molecule has 0 aliphatic rings. The van der Waals surface area contributed by atoms with Gasteiger partial charge in [-0.15, -0.1) is 0 Å². The molecule has 2 rings (SSSR count). The molecule has 0 aliphatic heterocycles. The minimum atomic E-state index is -0.248. The molecule has 0 fully saturated rings. The maximum absolute atomic E-state index is 13.4. The minimum absolute atomic E-state index is 0.0575. The van der Waals surface area contributed by atoms with Crippen LogP contribution in [0.5, 0.6) is 0 Å². The van der Waals surface area contributed by atoms with Crippen molar-refractivity contribution in [2.24, 2.45) is 0 Å². The Balaban J connectivity index is 1.92. The Hall–Kier alpha value is -2.08. The largest absolute Gasteiger partial charge is 0.361 e. The average Bonchev–Trinajstić information content (AvgIpc) is 2.89. The summed E-state index contributed by atoms with van der Waals surface area (Å²) < 4.78 is 13.4. The fourth-order valence-electron chi connectivity index (χ4n) is 3.05. The molecule has 0 unspecified atom stereocenters. The van der Waals surface area contributed by atoms with Crippen molar-refractivity contribution >= 4 is 16.9 Å². The fourth-order valence-corrected chi connectivity index (χ4v) is 3.05. The number of benzene rings is 1. The number of likely N-dealkylation sites (N-methyl/N-ethyl adjacent to an activating group) is 2. The summed E-state index contributed by atoms with van der Waals surface area (Å²) in [7, 11) is 4.00. The molecule has 2 aromatic rings. The zero-order valence-corrected chi connectivity index (χ0v) is 14.9. The molecule has 0 radical (unpaired) electrons. The van der Waals surface area contributed by atoms with Gasteiger partial charge < -0.3 is 20.1 Å². The highest BCUT2D eigenvalue weighted by Gasteiger charge is 2.18. The number of hydrogen-bond acceptors (Lipinski definition) is 2. The van der Waals surface area contributed by atoms with Crippen LogP contribution < -0.4 is 5.32 Å². The summed E-state index contributed by atoms with van der Waals surface area (Å²) in [6.07, 6.45) is 2.54. The van der Waals surface area contributed by atoms with Crippen molar-refractivity contribution < 1.29 is 9.18 Å². The van der Waals surface area contributed by atoms with Gasteiger partial charge in [-0.2, -0.15) is 0 Å². The molecule has 1 heterocycles. The van der Waals surface area contributed by atoms with E-state index >= 15 is 0 Å². The molecule has 0 saturated heterocycles. The topological polar surface area (TPSA) is 51.4 Å². The predicted molar refractivity (Wildman–Crippen MR) is 95.8 cm³/mol. The number of amides is 2. The summed E-state index contributed by atoms with van der Waals surface area (Å²) in [5.41, 5.74) is 1.92. The number of nitrogens with zero attached hydrogens (tertiary/aromatic N) is 2. The second-order valence-corrected chi connectivity index (χ2v) is 6.38. The second-order valence-electron chi connectivity index (χ2n) is 6.38. The number of aromatic amines is 1. The normalized spacial score (nSPS) is 12.6. The third-order valence-corrected chi connectivity index (χ3v) is 4.16. The van der Waals surface area contributed by atoms with Crippen LogP contribution in [-0.4, -0.2) is 60.6 Å². The lowest BCUT2D eigenvalue weighted by Crippen LogP contribution is -2.48. The van der Waals surface area contributed by atoms with Gasteiger partial charge in [0.1, 0.15) is 5.82 Å². The van der Waals surface area contributed by atoms with Gasteiger partial charge in [-0.05, 0) is 58.1 Å². The van der Waals surface area contributed by atoms with Crippen molar-refractivity contribution in [3.63, 3.8) is 0 Å². The lowest BCUT2D eigenvalue weighted by molar-refractivity contribution is 0.169. The summed E-state index contributed by atoms with van der Waals surface area (Å²) in [5.74, 6) is -0.248. The number of halogens is 1. The second kappa shape index (κ2) is 8.15. The summed E-state index contributed by atoms with van der Waals surface area (Å²) in [4.78, 5) is 19.4. The summed E-state index contributed by atoms with van der Waals surface area (Å²) in [6, 6.07) is 4.79. The molecule has 1 atom stereocenters. The first-order valence-electron chi connectivity index (χ1n) is 8.37. The zero-order chi connectivity index (χ0) is 17.7. The number of hydrogen-bond donors (Lipinski definition) is 2. The van der Waals surface area contributed by atoms with Crippen LogP contribution in [0.2, 0.25) is 0 Å². The van der Waals surface area contributed by atoms with Crippen LogP contribution in [0.15, 0.2) is 24.4 Å². The summed E-state index contributed by atoms with van der Waals surface area (Å²) >= 11 is 0. The van der Waals surface area contributed by atoms with Gasteiger partial charge >= 0.3 is 6.03 Å². The standard InChI is InChI=1S/C18H27FN4O/c1-5-23(13(2)12-22(3)4)18(24)20-9-8-14-11-21-17-7-6-15(19)10-16(14)17/h6-7,10-11,13,21H,5,8-9,12H2,1-4H3,(H,20,24)/t13-/m0/s1. The van der Waals surface area contributed by atoms with Crippen molar-refractivity contribution in [2.75, 3.05) is 33.7 Å². The first-order valence-corrected chi connectivity index (χ1v) is 8.37. The Labute approximate surface area is 142 Å². The zero-order valence-electron chi connectivity index (χ0n) is 14.9. The summed E-state index contributed by atoms with van der Waals surface area (Å²) in [6.45, 7) is 6.04. The number of fused-ring (bicyclic) bond motifs is 1. The number of nitrogens with one attached hydrogen (secondary N) is 2. The molecule has 0 spiro atoms. The van der Waals surface area contributed by atoms with Gasteiger partial charge in [0.05, 0.1) is 0 Å². The van der Waals surface area contributed by atoms with Gasteiger partial charge in [0, 0.05) is 42.8 Å². The van der Waals surface area contributed by atoms with E-state index in [4.69, 9.17) is 0 Å². The Morgan fingerprint density at radius 1 is 1.38 bits per heavy atom. The molecule has 5 nitrogen and oxygen atoms in total. The lowest BCUT2D eigenvalue weighted by atomic mass is 10.1. The van der Waals surface area contributed by atoms with Crippen molar-refractivity contribution in [1.29, 1.82) is 0 Å². The fraction of sp³-hybridized carbons (Fsp3) is 0.500. The van der Waals surface area contributed by atoms with Gasteiger partial charge in [0.15, 0.2) is 0 Å². The van der Waals surface area contributed by atoms with Crippen LogP contribution in [0.25, 0.3) is 10.9 Å². The predicted octanol–water partition coefficient (Wildman–Crippen LogP) is 2.83. The highest BCUT2D eigenvalue weighted by atomic mass is 19.1. The van der Waals surface area contributed by atoms with Crippen molar-refractivity contribution in [2.45, 2.75) is 26.3 Å². The van der Waals surface area contributed by atoms with Gasteiger partial charge in [-0.3, -0.25) is 0 Å². The van der Waals surface area contributed by atoms with Crippen molar-refractivity contribution in [3.8, 4) is 0 Å². The molecule has 0 aliphatic carbocycles. The van der Waals surface area contributed by atoms with Crippen LogP contribution >= 0.6 is 0 Å². The monoisotopic (exact) mass is 334 g/mol. The number of carbonyl (C=O) groups excluding carboxylic acids is 1. The van der Waals surface area contributed by atoms with Crippen LogP contribution in [-0.2, 0) is 6.42 Å². The van der Waals surface area contributed by atoms with Crippen LogP contribution in [0.3, 0.4) is 0 Å². The highest BCUT2D eigenvalue weighted by molar-refractivity contribution is 5.83. The minimum Gasteiger partial charge on any atom is -0.361 e. The number of rotatable bonds is 7. The molecule has 1 aromatic heterocycles.